The molecule has 27 heavy (non-hydrogen) atoms. The molecule has 0 saturated carbocycles. The van der Waals surface area contributed by atoms with E-state index in [1.54, 1.807) is 17.9 Å². The molecule has 1 heterocycles. The predicted molar refractivity (Wildman–Crippen MR) is 104 cm³/mol. The minimum Gasteiger partial charge on any atom is -0.469 e. The highest BCUT2D eigenvalue weighted by atomic mass is 32.2. The number of piperidine rings is 1. The summed E-state index contributed by atoms with van der Waals surface area (Å²) < 4.78 is 31.0. The molecule has 1 aliphatic heterocycles. The Morgan fingerprint density at radius 2 is 1.81 bits per heavy atom. The summed E-state index contributed by atoms with van der Waals surface area (Å²) in [4.78, 5) is 26.3. The number of ether oxygens (including phenoxy) is 1. The fraction of sp³-hybridized carbons (Fsp3) is 0.579. The Kier molecular flexibility index (Phi) is 6.51. The number of nitrogens with zero attached hydrogens (tertiary/aromatic N) is 2. The van der Waals surface area contributed by atoms with Crippen LogP contribution in [0.4, 0.5) is 5.69 Å². The van der Waals surface area contributed by atoms with Gasteiger partial charge in [-0.1, -0.05) is 12.1 Å². The van der Waals surface area contributed by atoms with Crippen molar-refractivity contribution in [3.8, 4) is 0 Å². The molecule has 1 fully saturated rings. The minimum absolute atomic E-state index is 0.209. The normalized spacial score (nSPS) is 16.7. The van der Waals surface area contributed by atoms with Crippen LogP contribution >= 0.6 is 0 Å². The molecule has 0 spiro atoms. The van der Waals surface area contributed by atoms with Crippen molar-refractivity contribution in [3.63, 3.8) is 0 Å². The van der Waals surface area contributed by atoms with E-state index in [1.165, 1.54) is 11.4 Å². The maximum Gasteiger partial charge on any atom is 0.308 e. The summed E-state index contributed by atoms with van der Waals surface area (Å²) in [5.74, 6) is -0.729. The average Bonchev–Trinajstić information content (AvgIpc) is 2.62. The molecule has 0 aliphatic carbocycles. The average molecular weight is 397 g/mol. The Morgan fingerprint density at radius 3 is 2.33 bits per heavy atom. The molecule has 8 heteroatoms. The minimum atomic E-state index is -3.66. The van der Waals surface area contributed by atoms with Gasteiger partial charge in [0.25, 0.3) is 0 Å². The number of benzene rings is 1. The highest BCUT2D eigenvalue weighted by Gasteiger charge is 2.35. The van der Waals surface area contributed by atoms with Crippen LogP contribution in [-0.2, 0) is 24.3 Å². The Balaban J connectivity index is 2.24. The van der Waals surface area contributed by atoms with Crippen molar-refractivity contribution in [2.45, 2.75) is 39.7 Å². The summed E-state index contributed by atoms with van der Waals surface area (Å²) in [5.41, 5.74) is 2.22. The molecule has 1 aromatic carbocycles. The summed E-state index contributed by atoms with van der Waals surface area (Å²) >= 11 is 0. The van der Waals surface area contributed by atoms with Crippen molar-refractivity contribution in [3.05, 3.63) is 29.3 Å². The van der Waals surface area contributed by atoms with Crippen LogP contribution in [0.15, 0.2) is 18.2 Å². The highest BCUT2D eigenvalue weighted by molar-refractivity contribution is 7.92. The van der Waals surface area contributed by atoms with Crippen LogP contribution < -0.4 is 4.31 Å². The fourth-order valence-electron chi connectivity index (χ4n) is 3.50. The van der Waals surface area contributed by atoms with Crippen LogP contribution in [0, 0.1) is 19.8 Å². The van der Waals surface area contributed by atoms with E-state index in [-0.39, 0.29) is 17.8 Å². The van der Waals surface area contributed by atoms with E-state index in [1.807, 2.05) is 26.0 Å². The predicted octanol–water partition coefficient (Wildman–Crippen LogP) is 1.87. The molecule has 1 amide bonds. The number of carbonyl (C=O) groups is 2. The number of likely N-dealkylation sites (tertiary alicyclic amines) is 1. The second kappa shape index (κ2) is 8.29. The van der Waals surface area contributed by atoms with Gasteiger partial charge in [0, 0.05) is 13.1 Å². The molecule has 0 N–H and O–H groups in total. The van der Waals surface area contributed by atoms with E-state index < -0.39 is 16.1 Å². The molecule has 7 nitrogen and oxygen atoms in total. The van der Waals surface area contributed by atoms with Gasteiger partial charge >= 0.3 is 5.97 Å². The molecule has 0 radical (unpaired) electrons. The summed E-state index contributed by atoms with van der Waals surface area (Å²) in [6, 6.07) is 4.67. The van der Waals surface area contributed by atoms with Gasteiger partial charge in [0.2, 0.25) is 15.9 Å². The largest absolute Gasteiger partial charge is 0.469 e. The van der Waals surface area contributed by atoms with Gasteiger partial charge in [-0.2, -0.15) is 0 Å². The molecule has 0 bridgehead atoms. The molecule has 1 aromatic rings. The van der Waals surface area contributed by atoms with E-state index in [4.69, 9.17) is 4.74 Å². The first-order valence-corrected chi connectivity index (χ1v) is 10.8. The van der Waals surface area contributed by atoms with Crippen LogP contribution in [0.2, 0.25) is 0 Å². The van der Waals surface area contributed by atoms with Gasteiger partial charge in [0.15, 0.2) is 0 Å². The highest BCUT2D eigenvalue weighted by Crippen LogP contribution is 2.28. The van der Waals surface area contributed by atoms with E-state index in [0.29, 0.717) is 31.6 Å². The smallest absolute Gasteiger partial charge is 0.308 e. The quantitative estimate of drug-likeness (QED) is 0.710. The van der Waals surface area contributed by atoms with Gasteiger partial charge in [-0.05, 0) is 50.8 Å². The third kappa shape index (κ3) is 4.80. The Bertz CT molecular complexity index is 813. The van der Waals surface area contributed by atoms with E-state index in [2.05, 4.69) is 0 Å². The molecule has 150 valence electrons. The van der Waals surface area contributed by atoms with Gasteiger partial charge in [-0.3, -0.25) is 13.9 Å². The molecule has 0 aromatic heterocycles. The summed E-state index contributed by atoms with van der Waals surface area (Å²) in [6.07, 6.45) is 2.16. The number of carbonyl (C=O) groups excluding carboxylic acids is 2. The second-order valence-corrected chi connectivity index (χ2v) is 9.01. The standard InChI is InChI=1S/C19H28N2O5S/c1-13-6-7-14(2)17(12-13)21(27(5,24)25)15(3)18(22)20-10-8-16(9-11-20)19(23)26-4/h6-7,12,15-16H,8-11H2,1-5H3/t15-/m0/s1. The Morgan fingerprint density at radius 1 is 1.22 bits per heavy atom. The topological polar surface area (TPSA) is 84.0 Å². The van der Waals surface area contributed by atoms with Crippen molar-refractivity contribution >= 4 is 27.6 Å². The van der Waals surface area contributed by atoms with Crippen LogP contribution in [0.1, 0.15) is 30.9 Å². The van der Waals surface area contributed by atoms with Crippen LogP contribution in [0.3, 0.4) is 0 Å². The molecule has 1 saturated heterocycles. The maximum atomic E-state index is 13.0. The van der Waals surface area contributed by atoms with Gasteiger partial charge in [0.1, 0.15) is 6.04 Å². The van der Waals surface area contributed by atoms with Gasteiger partial charge in [-0.15, -0.1) is 0 Å². The lowest BCUT2D eigenvalue weighted by Crippen LogP contribution is -2.52. The first kappa shape index (κ1) is 21.2. The van der Waals surface area contributed by atoms with Crippen LogP contribution in [-0.4, -0.2) is 57.7 Å². The van der Waals surface area contributed by atoms with Crippen molar-refractivity contribution < 1.29 is 22.7 Å². The number of anilines is 1. The van der Waals surface area contributed by atoms with Crippen LogP contribution in [0.5, 0.6) is 0 Å². The molecule has 1 aliphatic rings. The van der Waals surface area contributed by atoms with Crippen molar-refractivity contribution in [2.24, 2.45) is 5.92 Å². The second-order valence-electron chi connectivity index (χ2n) is 7.15. The Labute approximate surface area is 161 Å². The molecule has 0 unspecified atom stereocenters. The number of hydrogen-bond acceptors (Lipinski definition) is 5. The number of hydrogen-bond donors (Lipinski definition) is 0. The zero-order valence-electron chi connectivity index (χ0n) is 16.6. The van der Waals surface area contributed by atoms with Gasteiger partial charge in [-0.25, -0.2) is 8.42 Å². The lowest BCUT2D eigenvalue weighted by molar-refractivity contribution is -0.149. The van der Waals surface area contributed by atoms with Crippen molar-refractivity contribution in [1.29, 1.82) is 0 Å². The number of aryl methyl sites for hydroxylation is 2. The SMILES string of the molecule is COC(=O)C1CCN(C(=O)[C@H](C)N(c2cc(C)ccc2C)S(C)(=O)=O)CC1. The lowest BCUT2D eigenvalue weighted by Gasteiger charge is -2.36. The first-order valence-electron chi connectivity index (χ1n) is 8.99. The van der Waals surface area contributed by atoms with Crippen LogP contribution in [0.25, 0.3) is 0 Å². The first-order chi connectivity index (χ1) is 12.6. The summed E-state index contributed by atoms with van der Waals surface area (Å²) in [5, 5.41) is 0. The number of methoxy groups -OCH3 is 1. The van der Waals surface area contributed by atoms with Gasteiger partial charge < -0.3 is 9.64 Å². The van der Waals surface area contributed by atoms with E-state index in [0.717, 1.165) is 17.4 Å². The number of sulfonamides is 1. The van der Waals surface area contributed by atoms with Crippen molar-refractivity contribution in [2.75, 3.05) is 30.8 Å². The van der Waals surface area contributed by atoms with Crippen molar-refractivity contribution in [1.82, 2.24) is 4.90 Å². The number of esters is 1. The van der Waals surface area contributed by atoms with E-state index >= 15 is 0 Å². The molecular formula is C19H28N2O5S. The number of rotatable bonds is 5. The Hall–Kier alpha value is -2.09. The summed E-state index contributed by atoms with van der Waals surface area (Å²) in [6.45, 7) is 6.14. The third-order valence-corrected chi connectivity index (χ3v) is 6.24. The molecule has 2 rings (SSSR count). The lowest BCUT2D eigenvalue weighted by atomic mass is 9.96. The van der Waals surface area contributed by atoms with Gasteiger partial charge in [0.05, 0.1) is 25.0 Å². The van der Waals surface area contributed by atoms with E-state index in [9.17, 15) is 18.0 Å². The zero-order chi connectivity index (χ0) is 20.4. The molecule has 1 atom stereocenters. The fourth-order valence-corrected chi connectivity index (χ4v) is 4.72. The maximum absolute atomic E-state index is 13.0. The summed E-state index contributed by atoms with van der Waals surface area (Å²) in [7, 11) is -2.30. The monoisotopic (exact) mass is 396 g/mol. The number of amides is 1. The zero-order valence-corrected chi connectivity index (χ0v) is 17.4. The third-order valence-electron chi connectivity index (χ3n) is 5.01. The molecular weight excluding hydrogens is 368 g/mol.